The first-order valence-electron chi connectivity index (χ1n) is 10.9. The molecule has 1 aliphatic carbocycles. The maximum atomic E-state index is 14.8. The van der Waals surface area contributed by atoms with Crippen molar-refractivity contribution < 1.29 is 49.8 Å². The molecule has 8 nitrogen and oxygen atoms in total. The number of carbonyl (C=O) groups excluding carboxylic acids is 2. The van der Waals surface area contributed by atoms with E-state index in [0.717, 1.165) is 29.1 Å². The highest BCUT2D eigenvalue weighted by molar-refractivity contribution is 5.98. The Hall–Kier alpha value is -3.95. The molecule has 1 aromatic carbocycles. The number of likely N-dealkylation sites (N-methyl/N-ethyl adjacent to an activating group) is 1. The average Bonchev–Trinajstić information content (AvgIpc) is 3.22. The minimum absolute atomic E-state index is 0.0656. The molecule has 3 rings (SSSR count). The molecule has 0 spiro atoms. The van der Waals surface area contributed by atoms with E-state index in [4.69, 9.17) is 5.73 Å². The van der Waals surface area contributed by atoms with Gasteiger partial charge in [0.25, 0.3) is 5.91 Å². The van der Waals surface area contributed by atoms with Gasteiger partial charge in [0, 0.05) is 7.05 Å². The first-order chi connectivity index (χ1) is 17.9. The Morgan fingerprint density at radius 3 is 2.33 bits per heavy atom. The van der Waals surface area contributed by atoms with Crippen molar-refractivity contribution in [2.45, 2.75) is 23.6 Å². The van der Waals surface area contributed by atoms with Gasteiger partial charge in [0.15, 0.2) is 5.60 Å². The fraction of sp³-hybridized carbons (Fsp3) is 0.348. The van der Waals surface area contributed by atoms with E-state index in [9.17, 15) is 49.8 Å². The lowest BCUT2D eigenvalue weighted by Gasteiger charge is -2.38. The Kier molecular flexibility index (Phi) is 7.83. The number of benzene rings is 1. The molecule has 0 bridgehead atoms. The van der Waals surface area contributed by atoms with Crippen molar-refractivity contribution >= 4 is 17.6 Å². The van der Waals surface area contributed by atoms with E-state index < -0.39 is 65.8 Å². The summed E-state index contributed by atoms with van der Waals surface area (Å²) in [5.41, 5.74) is -2.42. The molecule has 39 heavy (non-hydrogen) atoms. The van der Waals surface area contributed by atoms with Gasteiger partial charge in [-0.05, 0) is 30.3 Å². The number of rotatable bonds is 7. The van der Waals surface area contributed by atoms with Gasteiger partial charge in [-0.2, -0.15) is 31.4 Å². The van der Waals surface area contributed by atoms with E-state index >= 15 is 0 Å². The standard InChI is InChI=1S/C23H21F8N5O3/c1-35(19(38)16-4-2-3-9-21(16,25)23(29,30)31)12-20(39,22(26,27)28)11-33-18(37)15-10-34-36(17(15)32)14-7-5-13(24)6-8-14/h2-10,16,39H,11-12,32H2,1H3,(H,33,37). The highest BCUT2D eigenvalue weighted by Gasteiger charge is 2.62. The van der Waals surface area contributed by atoms with Crippen molar-refractivity contribution in [2.75, 3.05) is 25.9 Å². The van der Waals surface area contributed by atoms with Crippen LogP contribution in [0.1, 0.15) is 10.4 Å². The third-order valence-corrected chi connectivity index (χ3v) is 5.97. The van der Waals surface area contributed by atoms with Gasteiger partial charge in [0.05, 0.1) is 25.0 Å². The van der Waals surface area contributed by atoms with Crippen LogP contribution in [0.25, 0.3) is 5.69 Å². The zero-order chi connectivity index (χ0) is 29.4. The summed E-state index contributed by atoms with van der Waals surface area (Å²) in [4.78, 5) is 25.2. The number of nitrogen functional groups attached to an aromatic ring is 1. The van der Waals surface area contributed by atoms with Gasteiger partial charge in [-0.1, -0.05) is 18.2 Å². The molecule has 2 amide bonds. The smallest absolute Gasteiger partial charge is 0.383 e. The van der Waals surface area contributed by atoms with Crippen LogP contribution in [0.2, 0.25) is 0 Å². The van der Waals surface area contributed by atoms with Gasteiger partial charge in [-0.15, -0.1) is 0 Å². The second-order valence-electron chi connectivity index (χ2n) is 8.73. The molecular formula is C23H21F8N5O3. The average molecular weight is 567 g/mol. The van der Waals surface area contributed by atoms with Gasteiger partial charge in [0.2, 0.25) is 11.6 Å². The third kappa shape index (κ3) is 5.74. The quantitative estimate of drug-likeness (QED) is 0.446. The topological polar surface area (TPSA) is 113 Å². The molecule has 0 saturated heterocycles. The zero-order valence-electron chi connectivity index (χ0n) is 19.9. The second-order valence-corrected chi connectivity index (χ2v) is 8.73. The van der Waals surface area contributed by atoms with E-state index in [2.05, 4.69) is 5.10 Å². The van der Waals surface area contributed by atoms with Crippen LogP contribution >= 0.6 is 0 Å². The molecule has 0 radical (unpaired) electrons. The van der Waals surface area contributed by atoms with Crippen LogP contribution in [0.3, 0.4) is 0 Å². The van der Waals surface area contributed by atoms with E-state index in [1.54, 1.807) is 5.32 Å². The fourth-order valence-electron chi connectivity index (χ4n) is 3.74. The van der Waals surface area contributed by atoms with E-state index in [0.29, 0.717) is 19.2 Å². The summed E-state index contributed by atoms with van der Waals surface area (Å²) >= 11 is 0. The van der Waals surface area contributed by atoms with Crippen LogP contribution in [0.4, 0.5) is 40.9 Å². The number of nitrogens with two attached hydrogens (primary N) is 1. The van der Waals surface area contributed by atoms with E-state index in [1.165, 1.54) is 12.1 Å². The third-order valence-electron chi connectivity index (χ3n) is 5.97. The number of nitrogens with one attached hydrogen (secondary N) is 1. The molecule has 0 aliphatic heterocycles. The number of alkyl halides is 7. The normalized spacial score (nSPS) is 20.9. The number of halogens is 8. The minimum Gasteiger partial charge on any atom is -0.383 e. The van der Waals surface area contributed by atoms with Crippen LogP contribution in [0, 0.1) is 11.7 Å². The highest BCUT2D eigenvalue weighted by Crippen LogP contribution is 2.44. The number of anilines is 1. The van der Waals surface area contributed by atoms with Gasteiger partial charge in [0.1, 0.15) is 23.1 Å². The van der Waals surface area contributed by atoms with Crippen molar-refractivity contribution in [3.63, 3.8) is 0 Å². The molecule has 4 N–H and O–H groups in total. The second kappa shape index (κ2) is 10.3. The minimum atomic E-state index is -5.57. The number of allylic oxidation sites excluding steroid dienone is 3. The predicted octanol–water partition coefficient (Wildman–Crippen LogP) is 3.09. The predicted molar refractivity (Wildman–Crippen MR) is 121 cm³/mol. The summed E-state index contributed by atoms with van der Waals surface area (Å²) in [5.74, 6) is -6.40. The van der Waals surface area contributed by atoms with Crippen molar-refractivity contribution in [2.24, 2.45) is 5.92 Å². The molecule has 1 aliphatic rings. The maximum absolute atomic E-state index is 14.8. The molecule has 0 saturated carbocycles. The van der Waals surface area contributed by atoms with Crippen LogP contribution in [-0.2, 0) is 4.79 Å². The SMILES string of the molecule is CN(CC(O)(CNC(=O)c1cnn(-c2ccc(F)cc2)c1N)C(F)(F)F)C(=O)C1C=CC=CC1(F)C(F)(F)F. The highest BCUT2D eigenvalue weighted by atomic mass is 19.4. The van der Waals surface area contributed by atoms with E-state index in [-0.39, 0.29) is 22.5 Å². The van der Waals surface area contributed by atoms with Gasteiger partial charge in [-0.3, -0.25) is 9.59 Å². The summed E-state index contributed by atoms with van der Waals surface area (Å²) in [6, 6.07) is 4.66. The lowest BCUT2D eigenvalue weighted by atomic mass is 9.83. The number of aliphatic hydroxyl groups is 1. The van der Waals surface area contributed by atoms with Crippen LogP contribution in [0.5, 0.6) is 0 Å². The Morgan fingerprint density at radius 2 is 1.77 bits per heavy atom. The summed E-state index contributed by atoms with van der Waals surface area (Å²) in [5, 5.41) is 16.0. The summed E-state index contributed by atoms with van der Waals surface area (Å²) in [6.07, 6.45) is -7.94. The molecule has 1 aromatic heterocycles. The van der Waals surface area contributed by atoms with Crippen molar-refractivity contribution in [3.05, 3.63) is 66.1 Å². The fourth-order valence-corrected chi connectivity index (χ4v) is 3.74. The molecule has 16 heteroatoms. The van der Waals surface area contributed by atoms with Crippen molar-refractivity contribution in [1.29, 1.82) is 0 Å². The molecule has 212 valence electrons. The molecule has 0 fully saturated rings. The van der Waals surface area contributed by atoms with Crippen LogP contribution < -0.4 is 11.1 Å². The monoisotopic (exact) mass is 567 g/mol. The number of hydrogen-bond donors (Lipinski definition) is 3. The lowest BCUT2D eigenvalue weighted by molar-refractivity contribution is -0.261. The number of carbonyl (C=O) groups is 2. The summed E-state index contributed by atoms with van der Waals surface area (Å²) in [7, 11) is 0.647. The molecule has 1 heterocycles. The summed E-state index contributed by atoms with van der Waals surface area (Å²) < 4.78 is 110. The van der Waals surface area contributed by atoms with Gasteiger partial charge < -0.3 is 21.1 Å². The Labute approximate surface area is 215 Å². The first-order valence-corrected chi connectivity index (χ1v) is 10.9. The van der Waals surface area contributed by atoms with Crippen LogP contribution in [-0.4, -0.2) is 75.4 Å². The number of aromatic nitrogens is 2. The number of amides is 2. The summed E-state index contributed by atoms with van der Waals surface area (Å²) in [6.45, 7) is -3.21. The molecule has 3 unspecified atom stereocenters. The van der Waals surface area contributed by atoms with Crippen LogP contribution in [0.15, 0.2) is 54.8 Å². The largest absolute Gasteiger partial charge is 0.427 e. The van der Waals surface area contributed by atoms with Crippen molar-refractivity contribution in [3.8, 4) is 5.69 Å². The Bertz CT molecular complexity index is 1290. The van der Waals surface area contributed by atoms with Crippen molar-refractivity contribution in [1.82, 2.24) is 20.0 Å². The molecule has 2 aromatic rings. The molecule has 3 atom stereocenters. The lowest BCUT2D eigenvalue weighted by Crippen LogP contribution is -2.61. The maximum Gasteiger partial charge on any atom is 0.427 e. The Balaban J connectivity index is 1.78. The van der Waals surface area contributed by atoms with E-state index in [1.807, 2.05) is 0 Å². The Morgan fingerprint density at radius 1 is 1.15 bits per heavy atom. The van der Waals surface area contributed by atoms with Gasteiger partial charge in [-0.25, -0.2) is 13.5 Å². The first kappa shape index (κ1) is 29.6. The zero-order valence-corrected chi connectivity index (χ0v) is 19.9. The number of nitrogens with zero attached hydrogens (tertiary/aromatic N) is 3. The number of hydrogen-bond acceptors (Lipinski definition) is 5. The molecular weight excluding hydrogens is 546 g/mol. The van der Waals surface area contributed by atoms with Gasteiger partial charge >= 0.3 is 12.4 Å².